The zero-order valence-electron chi connectivity index (χ0n) is 17.2. The first-order chi connectivity index (χ1) is 14.6. The predicted molar refractivity (Wildman–Crippen MR) is 117 cm³/mol. The van der Waals surface area contributed by atoms with E-state index < -0.39 is 0 Å². The van der Waals surface area contributed by atoms with Gasteiger partial charge in [-0.2, -0.15) is 0 Å². The van der Waals surface area contributed by atoms with Gasteiger partial charge in [0.15, 0.2) is 0 Å². The van der Waals surface area contributed by atoms with E-state index in [0.717, 1.165) is 60.1 Å². The van der Waals surface area contributed by atoms with Gasteiger partial charge in [0.2, 0.25) is 11.8 Å². The zero-order valence-corrected chi connectivity index (χ0v) is 17.2. The Bertz CT molecular complexity index is 1080. The molecule has 0 spiro atoms. The molecule has 2 fully saturated rings. The number of carbonyl (C=O) groups excluding carboxylic acids is 2. The Morgan fingerprint density at radius 2 is 1.80 bits per heavy atom. The van der Waals surface area contributed by atoms with E-state index in [-0.39, 0.29) is 17.7 Å². The molecule has 0 N–H and O–H groups in total. The van der Waals surface area contributed by atoms with Gasteiger partial charge in [-0.15, -0.1) is 0 Å². The van der Waals surface area contributed by atoms with Crippen molar-refractivity contribution in [3.63, 3.8) is 0 Å². The lowest BCUT2D eigenvalue weighted by Crippen LogP contribution is -2.32. The molecule has 2 aliphatic rings. The molecule has 0 bridgehead atoms. The number of nitrogens with zero attached hydrogens (tertiary/aromatic N) is 2. The van der Waals surface area contributed by atoms with Gasteiger partial charge in [0.05, 0.1) is 6.26 Å². The van der Waals surface area contributed by atoms with Crippen LogP contribution in [0.4, 0.5) is 5.69 Å². The molecule has 1 atom stereocenters. The van der Waals surface area contributed by atoms with Gasteiger partial charge >= 0.3 is 0 Å². The first-order valence-corrected chi connectivity index (χ1v) is 10.7. The normalized spacial score (nSPS) is 18.7. The van der Waals surface area contributed by atoms with Crippen LogP contribution in [0.5, 0.6) is 0 Å². The predicted octanol–water partition coefficient (Wildman–Crippen LogP) is 4.71. The highest BCUT2D eigenvalue weighted by molar-refractivity contribution is 5.93. The monoisotopic (exact) mass is 402 g/mol. The maximum Gasteiger partial charge on any atom is 0.227 e. The molecule has 5 heteroatoms. The van der Waals surface area contributed by atoms with Gasteiger partial charge in [0, 0.05) is 43.5 Å². The lowest BCUT2D eigenvalue weighted by atomic mass is 10.0. The van der Waals surface area contributed by atoms with Gasteiger partial charge in [0.25, 0.3) is 0 Å². The summed E-state index contributed by atoms with van der Waals surface area (Å²) in [4.78, 5) is 28.7. The summed E-state index contributed by atoms with van der Waals surface area (Å²) in [6.45, 7) is 1.52. The molecule has 2 heterocycles. The van der Waals surface area contributed by atoms with Crippen molar-refractivity contribution >= 4 is 28.5 Å². The summed E-state index contributed by atoms with van der Waals surface area (Å²) >= 11 is 0. The van der Waals surface area contributed by atoms with Crippen molar-refractivity contribution in [2.75, 3.05) is 25.0 Å². The van der Waals surface area contributed by atoms with Crippen LogP contribution in [0.25, 0.3) is 22.1 Å². The number of anilines is 1. The van der Waals surface area contributed by atoms with Crippen molar-refractivity contribution < 1.29 is 14.0 Å². The van der Waals surface area contributed by atoms with Crippen molar-refractivity contribution in [1.29, 1.82) is 0 Å². The minimum Gasteiger partial charge on any atom is -0.464 e. The summed E-state index contributed by atoms with van der Waals surface area (Å²) in [6.07, 6.45) is 5.18. The van der Waals surface area contributed by atoms with E-state index in [0.29, 0.717) is 12.3 Å². The molecule has 2 amide bonds. The van der Waals surface area contributed by atoms with Crippen LogP contribution >= 0.6 is 0 Å². The van der Waals surface area contributed by atoms with Crippen molar-refractivity contribution in [3.05, 3.63) is 54.8 Å². The number of benzene rings is 2. The number of carbonyl (C=O) groups is 2. The maximum atomic E-state index is 12.8. The summed E-state index contributed by atoms with van der Waals surface area (Å²) < 4.78 is 5.41. The smallest absolute Gasteiger partial charge is 0.227 e. The van der Waals surface area contributed by atoms with Gasteiger partial charge in [-0.25, -0.2) is 0 Å². The highest BCUT2D eigenvalue weighted by Gasteiger charge is 2.37. The van der Waals surface area contributed by atoms with Crippen molar-refractivity contribution in [2.24, 2.45) is 11.8 Å². The van der Waals surface area contributed by atoms with Gasteiger partial charge in [-0.3, -0.25) is 9.59 Å². The minimum absolute atomic E-state index is 0.105. The first kappa shape index (κ1) is 18.9. The molecular formula is C25H26N2O3. The molecule has 5 rings (SSSR count). The van der Waals surface area contributed by atoms with Gasteiger partial charge in [-0.1, -0.05) is 18.2 Å². The van der Waals surface area contributed by atoms with Crippen LogP contribution in [-0.2, 0) is 9.59 Å². The lowest BCUT2D eigenvalue weighted by Gasteiger charge is -2.20. The van der Waals surface area contributed by atoms with Crippen LogP contribution in [0.1, 0.15) is 25.7 Å². The Kier molecular flexibility index (Phi) is 4.81. The molecule has 3 aromatic rings. The van der Waals surface area contributed by atoms with E-state index in [9.17, 15) is 9.59 Å². The van der Waals surface area contributed by atoms with E-state index in [4.69, 9.17) is 4.42 Å². The van der Waals surface area contributed by atoms with Crippen molar-refractivity contribution in [2.45, 2.75) is 25.7 Å². The average molecular weight is 402 g/mol. The number of rotatable bonds is 5. The third-order valence-electron chi connectivity index (χ3n) is 6.40. The van der Waals surface area contributed by atoms with Crippen LogP contribution in [0, 0.1) is 11.8 Å². The highest BCUT2D eigenvalue weighted by atomic mass is 16.3. The second kappa shape index (κ2) is 7.63. The number of fused-ring (bicyclic) bond motifs is 1. The van der Waals surface area contributed by atoms with E-state index in [1.807, 2.05) is 54.4 Å². The maximum absolute atomic E-state index is 12.8. The third-order valence-corrected chi connectivity index (χ3v) is 6.40. The van der Waals surface area contributed by atoms with Gasteiger partial charge in [0.1, 0.15) is 5.58 Å². The van der Waals surface area contributed by atoms with E-state index in [1.165, 1.54) is 0 Å². The quantitative estimate of drug-likeness (QED) is 0.621. The molecular weight excluding hydrogens is 376 g/mol. The number of hydrogen-bond donors (Lipinski definition) is 0. The van der Waals surface area contributed by atoms with E-state index in [1.54, 1.807) is 11.2 Å². The van der Waals surface area contributed by atoms with Crippen LogP contribution < -0.4 is 4.90 Å². The molecule has 0 unspecified atom stereocenters. The Labute approximate surface area is 176 Å². The summed E-state index contributed by atoms with van der Waals surface area (Å²) in [7, 11) is 1.83. The number of hydrogen-bond acceptors (Lipinski definition) is 3. The molecule has 1 aliphatic heterocycles. The molecule has 1 saturated heterocycles. The summed E-state index contributed by atoms with van der Waals surface area (Å²) in [5, 5.41) is 1.08. The number of amides is 2. The Morgan fingerprint density at radius 3 is 2.57 bits per heavy atom. The second-order valence-electron chi connectivity index (χ2n) is 8.59. The minimum atomic E-state index is 0.105. The molecule has 0 radical (unpaired) electrons. The van der Waals surface area contributed by atoms with E-state index in [2.05, 4.69) is 6.07 Å². The standard InChI is InChI=1S/C25H26N2O3/c1-26(24(28)14-17-10-12-27(16-17)25(29)19-2-3-19)22-7-4-18(5-8-22)20-6-9-23-21(15-20)11-13-30-23/h4-9,11,13,15,17,19H,2-3,10,12,14,16H2,1H3/t17-/m0/s1. The average Bonchev–Trinajstić information content (AvgIpc) is 3.34. The Hall–Kier alpha value is -3.08. The van der Waals surface area contributed by atoms with Gasteiger partial charge in [-0.05, 0) is 66.6 Å². The molecule has 1 saturated carbocycles. The highest BCUT2D eigenvalue weighted by Crippen LogP contribution is 2.33. The summed E-state index contributed by atoms with van der Waals surface area (Å²) in [5.74, 6) is 0.925. The zero-order chi connectivity index (χ0) is 20.7. The fourth-order valence-electron chi connectivity index (χ4n) is 4.34. The molecule has 2 aromatic carbocycles. The lowest BCUT2D eigenvalue weighted by molar-refractivity contribution is -0.131. The van der Waals surface area contributed by atoms with Gasteiger partial charge < -0.3 is 14.2 Å². The van der Waals surface area contributed by atoms with Crippen LogP contribution in [-0.4, -0.2) is 36.9 Å². The summed E-state index contributed by atoms with van der Waals surface area (Å²) in [6, 6.07) is 16.2. The summed E-state index contributed by atoms with van der Waals surface area (Å²) in [5.41, 5.74) is 3.99. The van der Waals surface area contributed by atoms with Crippen LogP contribution in [0.2, 0.25) is 0 Å². The van der Waals surface area contributed by atoms with E-state index >= 15 is 0 Å². The molecule has 1 aromatic heterocycles. The van der Waals surface area contributed by atoms with Crippen LogP contribution in [0.3, 0.4) is 0 Å². The fraction of sp³-hybridized carbons (Fsp3) is 0.360. The third kappa shape index (κ3) is 3.72. The Balaban J connectivity index is 1.21. The number of likely N-dealkylation sites (tertiary alicyclic amines) is 1. The number of furan rings is 1. The fourth-order valence-corrected chi connectivity index (χ4v) is 4.34. The topological polar surface area (TPSA) is 53.8 Å². The van der Waals surface area contributed by atoms with Crippen molar-refractivity contribution in [1.82, 2.24) is 4.90 Å². The second-order valence-corrected chi connectivity index (χ2v) is 8.59. The molecule has 5 nitrogen and oxygen atoms in total. The first-order valence-electron chi connectivity index (χ1n) is 10.7. The van der Waals surface area contributed by atoms with Crippen LogP contribution in [0.15, 0.2) is 59.2 Å². The Morgan fingerprint density at radius 1 is 1.03 bits per heavy atom. The molecule has 1 aliphatic carbocycles. The largest absolute Gasteiger partial charge is 0.464 e. The van der Waals surface area contributed by atoms with Crippen molar-refractivity contribution in [3.8, 4) is 11.1 Å². The SMILES string of the molecule is CN(C(=O)C[C@@H]1CCN(C(=O)C2CC2)C1)c1ccc(-c2ccc3occc3c2)cc1. The molecule has 30 heavy (non-hydrogen) atoms. The molecule has 154 valence electrons.